The van der Waals surface area contributed by atoms with Crippen LogP contribution in [0.5, 0.6) is 0 Å². The van der Waals surface area contributed by atoms with E-state index in [1.165, 1.54) is 5.56 Å². The van der Waals surface area contributed by atoms with Crippen LogP contribution in [0.1, 0.15) is 39.9 Å². The molecule has 1 aromatic heterocycles. The summed E-state index contributed by atoms with van der Waals surface area (Å²) in [5.41, 5.74) is 5.14. The molecule has 3 aromatic rings. The predicted octanol–water partition coefficient (Wildman–Crippen LogP) is 3.96. The Hall–Kier alpha value is -3.19. The molecule has 158 valence electrons. The van der Waals surface area contributed by atoms with Crippen molar-refractivity contribution in [1.29, 1.82) is 0 Å². The summed E-state index contributed by atoms with van der Waals surface area (Å²) in [6, 6.07) is 14.2. The van der Waals surface area contributed by atoms with Crippen LogP contribution in [0.25, 0.3) is 0 Å². The van der Waals surface area contributed by atoms with Gasteiger partial charge in [0.2, 0.25) is 0 Å². The summed E-state index contributed by atoms with van der Waals surface area (Å²) in [6.45, 7) is 0.567. The highest BCUT2D eigenvalue weighted by molar-refractivity contribution is 7.92. The number of hydrogen-bond donors (Lipinski definition) is 1. The second kappa shape index (κ2) is 7.81. The molecule has 1 amide bonds. The van der Waals surface area contributed by atoms with Crippen LogP contribution in [-0.4, -0.2) is 25.9 Å². The lowest BCUT2D eigenvalue weighted by molar-refractivity contribution is 0.0989. The van der Waals surface area contributed by atoms with Crippen molar-refractivity contribution in [3.8, 4) is 0 Å². The number of hydrogen-bond acceptors (Lipinski definition) is 4. The van der Waals surface area contributed by atoms with Crippen LogP contribution in [-0.2, 0) is 29.3 Å². The number of aromatic nitrogens is 1. The number of pyridine rings is 1. The van der Waals surface area contributed by atoms with Crippen LogP contribution < -0.4 is 9.62 Å². The van der Waals surface area contributed by atoms with Crippen molar-refractivity contribution in [2.75, 3.05) is 16.2 Å². The zero-order valence-electron chi connectivity index (χ0n) is 17.0. The van der Waals surface area contributed by atoms with Gasteiger partial charge in [-0.25, -0.2) is 8.42 Å². The molecule has 1 N–H and O–H groups in total. The minimum absolute atomic E-state index is 0.115. The molecule has 0 bridgehead atoms. The Balaban J connectivity index is 1.42. The van der Waals surface area contributed by atoms with Crippen molar-refractivity contribution in [2.24, 2.45) is 0 Å². The normalized spacial score (nSPS) is 15.3. The predicted molar refractivity (Wildman–Crippen MR) is 120 cm³/mol. The van der Waals surface area contributed by atoms with Crippen LogP contribution in [0.3, 0.4) is 0 Å². The van der Waals surface area contributed by atoms with E-state index < -0.39 is 10.0 Å². The van der Waals surface area contributed by atoms with Crippen LogP contribution in [0.2, 0.25) is 0 Å². The highest BCUT2D eigenvalue weighted by Gasteiger charge is 2.26. The van der Waals surface area contributed by atoms with Gasteiger partial charge in [-0.15, -0.1) is 0 Å². The Morgan fingerprint density at radius 3 is 2.42 bits per heavy atom. The maximum atomic E-state index is 13.0. The maximum absolute atomic E-state index is 13.0. The van der Waals surface area contributed by atoms with Gasteiger partial charge in [-0.1, -0.05) is 12.1 Å². The maximum Gasteiger partial charge on any atom is 0.261 e. The molecule has 6 nitrogen and oxygen atoms in total. The molecule has 0 saturated heterocycles. The van der Waals surface area contributed by atoms with E-state index in [0.717, 1.165) is 48.9 Å². The van der Waals surface area contributed by atoms with Crippen molar-refractivity contribution in [1.82, 2.24) is 4.98 Å². The molecule has 0 unspecified atom stereocenters. The summed E-state index contributed by atoms with van der Waals surface area (Å²) in [5, 5.41) is 0. The number of sulfonamides is 1. The number of rotatable bonds is 4. The van der Waals surface area contributed by atoms with E-state index >= 15 is 0 Å². The Bertz CT molecular complexity index is 1260. The number of carbonyl (C=O) groups is 1. The Labute approximate surface area is 182 Å². The molecule has 0 fully saturated rings. The molecule has 2 aromatic carbocycles. The summed E-state index contributed by atoms with van der Waals surface area (Å²) < 4.78 is 28.7. The first-order chi connectivity index (χ1) is 15.0. The smallest absolute Gasteiger partial charge is 0.261 e. The zero-order valence-corrected chi connectivity index (χ0v) is 17.9. The number of benzene rings is 2. The van der Waals surface area contributed by atoms with E-state index in [9.17, 15) is 13.2 Å². The van der Waals surface area contributed by atoms with Crippen LogP contribution in [0.4, 0.5) is 11.4 Å². The fourth-order valence-electron chi connectivity index (χ4n) is 4.40. The van der Waals surface area contributed by atoms with Gasteiger partial charge in [0.15, 0.2) is 0 Å². The average Bonchev–Trinajstić information content (AvgIpc) is 3.22. The summed E-state index contributed by atoms with van der Waals surface area (Å²) in [7, 11) is -3.72. The molecule has 2 heterocycles. The topological polar surface area (TPSA) is 79.4 Å². The Morgan fingerprint density at radius 1 is 0.871 bits per heavy atom. The van der Waals surface area contributed by atoms with Gasteiger partial charge >= 0.3 is 0 Å². The molecule has 1 aliphatic heterocycles. The summed E-state index contributed by atoms with van der Waals surface area (Å²) >= 11 is 0. The third kappa shape index (κ3) is 3.81. The number of carbonyl (C=O) groups excluding carboxylic acids is 1. The first-order valence-corrected chi connectivity index (χ1v) is 12.0. The van der Waals surface area contributed by atoms with E-state index in [1.807, 2.05) is 12.1 Å². The lowest BCUT2D eigenvalue weighted by Crippen LogP contribution is -2.28. The average molecular weight is 434 g/mol. The van der Waals surface area contributed by atoms with E-state index in [1.54, 1.807) is 53.7 Å². The van der Waals surface area contributed by atoms with Crippen molar-refractivity contribution < 1.29 is 13.2 Å². The van der Waals surface area contributed by atoms with Gasteiger partial charge in [0.1, 0.15) is 0 Å². The molecular formula is C24H23N3O3S. The van der Waals surface area contributed by atoms with Gasteiger partial charge in [-0.05, 0) is 85.2 Å². The largest absolute Gasteiger partial charge is 0.308 e. The SMILES string of the molecule is O=C(c1ccncc1)N1CCc2ccc(NS(=O)(=O)c3ccc4c(c3)CCCC4)cc21. The quantitative estimate of drug-likeness (QED) is 0.675. The minimum Gasteiger partial charge on any atom is -0.308 e. The van der Waals surface area contributed by atoms with Gasteiger partial charge in [-0.3, -0.25) is 14.5 Å². The van der Waals surface area contributed by atoms with Gasteiger partial charge in [0.25, 0.3) is 15.9 Å². The lowest BCUT2D eigenvalue weighted by atomic mass is 9.92. The third-order valence-corrected chi connectivity index (χ3v) is 7.41. The molecular weight excluding hydrogens is 410 g/mol. The molecule has 0 spiro atoms. The van der Waals surface area contributed by atoms with Gasteiger partial charge < -0.3 is 4.90 Å². The lowest BCUT2D eigenvalue weighted by Gasteiger charge is -2.19. The number of nitrogens with one attached hydrogen (secondary N) is 1. The van der Waals surface area contributed by atoms with Crippen molar-refractivity contribution in [2.45, 2.75) is 37.0 Å². The number of aryl methyl sites for hydroxylation is 2. The summed E-state index contributed by atoms with van der Waals surface area (Å²) in [6.07, 6.45) is 8.10. The van der Waals surface area contributed by atoms with Crippen molar-refractivity contribution in [3.05, 3.63) is 83.2 Å². The molecule has 7 heteroatoms. The molecule has 0 atom stereocenters. The van der Waals surface area contributed by atoms with Crippen molar-refractivity contribution in [3.63, 3.8) is 0 Å². The van der Waals surface area contributed by atoms with Gasteiger partial charge in [0.05, 0.1) is 10.6 Å². The first kappa shape index (κ1) is 19.8. The highest BCUT2D eigenvalue weighted by Crippen LogP contribution is 2.33. The second-order valence-electron chi connectivity index (χ2n) is 8.03. The highest BCUT2D eigenvalue weighted by atomic mass is 32.2. The van der Waals surface area contributed by atoms with E-state index in [2.05, 4.69) is 9.71 Å². The number of amides is 1. The Kier molecular flexibility index (Phi) is 4.98. The van der Waals surface area contributed by atoms with E-state index in [4.69, 9.17) is 0 Å². The van der Waals surface area contributed by atoms with Crippen LogP contribution >= 0.6 is 0 Å². The zero-order chi connectivity index (χ0) is 21.4. The van der Waals surface area contributed by atoms with E-state index in [0.29, 0.717) is 17.8 Å². The second-order valence-corrected chi connectivity index (χ2v) is 9.71. The fourth-order valence-corrected chi connectivity index (χ4v) is 5.49. The van der Waals surface area contributed by atoms with Crippen molar-refractivity contribution >= 4 is 27.3 Å². The monoisotopic (exact) mass is 433 g/mol. The first-order valence-electron chi connectivity index (χ1n) is 10.5. The van der Waals surface area contributed by atoms with Gasteiger partial charge in [0, 0.05) is 30.2 Å². The summed E-state index contributed by atoms with van der Waals surface area (Å²) in [5.74, 6) is -0.115. The standard InChI is InChI=1S/C24H23N3O3S/c28-24(19-9-12-25-13-10-19)27-14-11-18-5-7-21(16-23(18)27)26-31(29,30)22-8-6-17-3-1-2-4-20(17)15-22/h5-10,12-13,15-16,26H,1-4,11,14H2. The van der Waals surface area contributed by atoms with Crippen LogP contribution in [0.15, 0.2) is 65.8 Å². The number of nitrogens with zero attached hydrogens (tertiary/aromatic N) is 2. The molecule has 1 aliphatic carbocycles. The molecule has 31 heavy (non-hydrogen) atoms. The van der Waals surface area contributed by atoms with Gasteiger partial charge in [-0.2, -0.15) is 0 Å². The Morgan fingerprint density at radius 2 is 1.61 bits per heavy atom. The van der Waals surface area contributed by atoms with Crippen LogP contribution in [0, 0.1) is 0 Å². The summed E-state index contributed by atoms with van der Waals surface area (Å²) in [4.78, 5) is 18.9. The molecule has 0 radical (unpaired) electrons. The number of fused-ring (bicyclic) bond motifs is 2. The molecule has 0 saturated carbocycles. The molecule has 5 rings (SSSR count). The number of anilines is 2. The third-order valence-electron chi connectivity index (χ3n) is 6.04. The fraction of sp³-hybridized carbons (Fsp3) is 0.250. The minimum atomic E-state index is -3.72. The van der Waals surface area contributed by atoms with E-state index in [-0.39, 0.29) is 10.8 Å². The molecule has 2 aliphatic rings.